The molecule has 1 saturated carbocycles. The molecule has 0 radical (unpaired) electrons. The highest BCUT2D eigenvalue weighted by Gasteiger charge is 2.55. The number of urea groups is 1. The van der Waals surface area contributed by atoms with Gasteiger partial charge in [0.2, 0.25) is 5.91 Å². The molecule has 4 rings (SSSR count). The van der Waals surface area contributed by atoms with Gasteiger partial charge in [-0.15, -0.1) is 0 Å². The van der Waals surface area contributed by atoms with E-state index in [1.54, 1.807) is 4.90 Å². The summed E-state index contributed by atoms with van der Waals surface area (Å²) in [5.41, 5.74) is 1.91. The largest absolute Gasteiger partial charge is 0.325 e. The molecule has 1 aliphatic heterocycles. The highest BCUT2D eigenvalue weighted by atomic mass is 16.2. The van der Waals surface area contributed by atoms with Crippen LogP contribution in [-0.4, -0.2) is 34.8 Å². The van der Waals surface area contributed by atoms with E-state index in [0.29, 0.717) is 13.0 Å². The second-order valence-corrected chi connectivity index (χ2v) is 8.74. The molecular formula is C25H29N3O3. The number of nitrogens with zero attached hydrogens (tertiary/aromatic N) is 2. The van der Waals surface area contributed by atoms with E-state index in [0.717, 1.165) is 41.0 Å². The number of carbonyl (C=O) groups is 3. The van der Waals surface area contributed by atoms with Crippen LogP contribution in [0.25, 0.3) is 0 Å². The van der Waals surface area contributed by atoms with Gasteiger partial charge in [0.05, 0.1) is 6.54 Å². The molecule has 2 fully saturated rings. The molecule has 31 heavy (non-hydrogen) atoms. The standard InChI is InChI=1S/C25H29N3O3/c1-18-9-8-13-21(15-18)27(16-20-11-4-3-5-12-20)22(29)17-28-23(30)25(26-24(28)31)14-7-6-10-19(25)2/h3-5,8-9,11-13,15,19H,6-7,10,14,16-17H2,1-2H3,(H,26,31)/t19-,25-/m1/s1. The summed E-state index contributed by atoms with van der Waals surface area (Å²) in [6, 6.07) is 17.0. The summed E-state index contributed by atoms with van der Waals surface area (Å²) in [6.07, 6.45) is 3.50. The lowest BCUT2D eigenvalue weighted by molar-refractivity contribution is -0.136. The zero-order chi connectivity index (χ0) is 22.0. The summed E-state index contributed by atoms with van der Waals surface area (Å²) in [5.74, 6) is -0.476. The second-order valence-electron chi connectivity index (χ2n) is 8.74. The predicted octanol–water partition coefficient (Wildman–Crippen LogP) is 4.03. The minimum atomic E-state index is -0.858. The molecule has 2 atom stereocenters. The van der Waals surface area contributed by atoms with Crippen LogP contribution in [0.4, 0.5) is 10.5 Å². The molecule has 2 aliphatic rings. The monoisotopic (exact) mass is 419 g/mol. The van der Waals surface area contributed by atoms with Crippen LogP contribution in [0.15, 0.2) is 54.6 Å². The number of benzene rings is 2. The van der Waals surface area contributed by atoms with E-state index in [4.69, 9.17) is 0 Å². The Bertz CT molecular complexity index is 991. The van der Waals surface area contributed by atoms with E-state index in [-0.39, 0.29) is 24.3 Å². The molecule has 1 heterocycles. The number of hydrogen-bond donors (Lipinski definition) is 1. The van der Waals surface area contributed by atoms with Crippen molar-refractivity contribution in [2.75, 3.05) is 11.4 Å². The van der Waals surface area contributed by atoms with Crippen molar-refractivity contribution in [2.45, 2.75) is 51.6 Å². The van der Waals surface area contributed by atoms with Crippen molar-refractivity contribution in [1.29, 1.82) is 0 Å². The molecule has 6 nitrogen and oxygen atoms in total. The van der Waals surface area contributed by atoms with Crippen LogP contribution in [0.3, 0.4) is 0 Å². The van der Waals surface area contributed by atoms with Crippen LogP contribution in [0, 0.1) is 12.8 Å². The predicted molar refractivity (Wildman–Crippen MR) is 119 cm³/mol. The first-order chi connectivity index (χ1) is 14.9. The van der Waals surface area contributed by atoms with Gasteiger partial charge < -0.3 is 10.2 Å². The lowest BCUT2D eigenvalue weighted by Crippen LogP contribution is -2.54. The number of carbonyl (C=O) groups excluding carboxylic acids is 3. The number of imide groups is 1. The SMILES string of the molecule is Cc1cccc(N(Cc2ccccc2)C(=O)CN2C(=O)N[C@@]3(CCCC[C@H]3C)C2=O)c1. The number of amides is 4. The molecule has 6 heteroatoms. The van der Waals surface area contributed by atoms with Gasteiger partial charge in [0.15, 0.2) is 0 Å². The Hall–Kier alpha value is -3.15. The number of nitrogens with one attached hydrogen (secondary N) is 1. The Morgan fingerprint density at radius 1 is 1.13 bits per heavy atom. The lowest BCUT2D eigenvalue weighted by atomic mass is 9.73. The molecule has 1 N–H and O–H groups in total. The number of aryl methyl sites for hydroxylation is 1. The smallest absolute Gasteiger partial charge is 0.323 e. The van der Waals surface area contributed by atoms with Crippen molar-refractivity contribution in [2.24, 2.45) is 5.92 Å². The molecule has 4 amide bonds. The fourth-order valence-electron chi connectivity index (χ4n) is 4.74. The number of rotatable bonds is 5. The Labute approximate surface area is 183 Å². The van der Waals surface area contributed by atoms with Crippen LogP contribution in [-0.2, 0) is 16.1 Å². The van der Waals surface area contributed by atoms with Crippen molar-refractivity contribution in [3.8, 4) is 0 Å². The summed E-state index contributed by atoms with van der Waals surface area (Å²) < 4.78 is 0. The van der Waals surface area contributed by atoms with Gasteiger partial charge in [-0.25, -0.2) is 4.79 Å². The highest BCUT2D eigenvalue weighted by molar-refractivity contribution is 6.10. The third-order valence-electron chi connectivity index (χ3n) is 6.59. The fourth-order valence-corrected chi connectivity index (χ4v) is 4.74. The minimum Gasteiger partial charge on any atom is -0.323 e. The van der Waals surface area contributed by atoms with Gasteiger partial charge in [-0.3, -0.25) is 14.5 Å². The molecule has 0 aromatic heterocycles. The topological polar surface area (TPSA) is 69.7 Å². The van der Waals surface area contributed by atoms with Crippen molar-refractivity contribution in [3.05, 3.63) is 65.7 Å². The van der Waals surface area contributed by atoms with Gasteiger partial charge >= 0.3 is 6.03 Å². The van der Waals surface area contributed by atoms with E-state index in [1.165, 1.54) is 0 Å². The maximum absolute atomic E-state index is 13.4. The van der Waals surface area contributed by atoms with E-state index < -0.39 is 11.6 Å². The number of hydrogen-bond acceptors (Lipinski definition) is 3. The van der Waals surface area contributed by atoms with E-state index in [9.17, 15) is 14.4 Å². The van der Waals surface area contributed by atoms with E-state index in [2.05, 4.69) is 5.32 Å². The number of anilines is 1. The van der Waals surface area contributed by atoms with Gasteiger partial charge in [0, 0.05) is 5.69 Å². The molecule has 1 spiro atoms. The van der Waals surface area contributed by atoms with Crippen LogP contribution >= 0.6 is 0 Å². The van der Waals surface area contributed by atoms with Gasteiger partial charge in [0.1, 0.15) is 12.1 Å². The first-order valence-electron chi connectivity index (χ1n) is 11.0. The summed E-state index contributed by atoms with van der Waals surface area (Å²) in [5, 5.41) is 2.93. The first kappa shape index (κ1) is 21.1. The molecule has 162 valence electrons. The average molecular weight is 420 g/mol. The lowest BCUT2D eigenvalue weighted by Gasteiger charge is -2.36. The summed E-state index contributed by atoms with van der Waals surface area (Å²) in [6.45, 7) is 4.09. The van der Waals surface area contributed by atoms with Crippen LogP contribution in [0.2, 0.25) is 0 Å². The summed E-state index contributed by atoms with van der Waals surface area (Å²) >= 11 is 0. The van der Waals surface area contributed by atoms with Gasteiger partial charge in [-0.1, -0.05) is 62.2 Å². The molecule has 1 saturated heterocycles. The van der Waals surface area contributed by atoms with Crippen molar-refractivity contribution < 1.29 is 14.4 Å². The van der Waals surface area contributed by atoms with Gasteiger partial charge in [-0.05, 0) is 48.9 Å². The highest BCUT2D eigenvalue weighted by Crippen LogP contribution is 2.38. The van der Waals surface area contributed by atoms with Crippen molar-refractivity contribution in [1.82, 2.24) is 10.2 Å². The quantitative estimate of drug-likeness (QED) is 0.744. The third-order valence-corrected chi connectivity index (χ3v) is 6.59. The van der Waals surface area contributed by atoms with Gasteiger partial charge in [-0.2, -0.15) is 0 Å². The minimum absolute atomic E-state index is 0.0648. The average Bonchev–Trinajstić information content (AvgIpc) is 2.99. The van der Waals surface area contributed by atoms with E-state index in [1.807, 2.05) is 68.4 Å². The molecule has 0 bridgehead atoms. The summed E-state index contributed by atoms with van der Waals surface area (Å²) in [4.78, 5) is 42.2. The maximum Gasteiger partial charge on any atom is 0.325 e. The zero-order valence-electron chi connectivity index (χ0n) is 18.1. The zero-order valence-corrected chi connectivity index (χ0v) is 18.1. The van der Waals surface area contributed by atoms with Crippen LogP contribution in [0.5, 0.6) is 0 Å². The molecule has 2 aromatic carbocycles. The third kappa shape index (κ3) is 4.07. The van der Waals surface area contributed by atoms with Crippen LogP contribution in [0.1, 0.15) is 43.7 Å². The van der Waals surface area contributed by atoms with Crippen molar-refractivity contribution in [3.63, 3.8) is 0 Å². The Kier molecular flexibility index (Phi) is 5.81. The summed E-state index contributed by atoms with van der Waals surface area (Å²) in [7, 11) is 0. The molecular weight excluding hydrogens is 390 g/mol. The Morgan fingerprint density at radius 3 is 2.61 bits per heavy atom. The normalized spacial score (nSPS) is 23.2. The van der Waals surface area contributed by atoms with Crippen LogP contribution < -0.4 is 10.2 Å². The second kappa shape index (κ2) is 8.53. The van der Waals surface area contributed by atoms with E-state index >= 15 is 0 Å². The van der Waals surface area contributed by atoms with Gasteiger partial charge in [0.25, 0.3) is 5.91 Å². The fraction of sp³-hybridized carbons (Fsp3) is 0.400. The maximum atomic E-state index is 13.4. The molecule has 0 unspecified atom stereocenters. The Morgan fingerprint density at radius 2 is 1.90 bits per heavy atom. The first-order valence-corrected chi connectivity index (χ1v) is 11.0. The molecule has 1 aliphatic carbocycles. The molecule has 2 aromatic rings. The Balaban J connectivity index is 1.58. The van der Waals surface area contributed by atoms with Crippen molar-refractivity contribution >= 4 is 23.5 Å².